The molecular formula is C10H6Br3NS. The minimum Gasteiger partial charge on any atom is -0.241 e. The Morgan fingerprint density at radius 1 is 1.00 bits per heavy atom. The van der Waals surface area contributed by atoms with Crippen LogP contribution < -0.4 is 0 Å². The highest BCUT2D eigenvalue weighted by Gasteiger charge is 2.20. The molecule has 0 saturated heterocycles. The number of hydrogen-bond donors (Lipinski definition) is 0. The van der Waals surface area contributed by atoms with Gasteiger partial charge in [0.15, 0.2) is 1.47 Å². The molecule has 2 rings (SSSR count). The van der Waals surface area contributed by atoms with Gasteiger partial charge in [0.25, 0.3) is 0 Å². The molecule has 0 aliphatic heterocycles. The largest absolute Gasteiger partial charge is 0.241 e. The second kappa shape index (κ2) is 4.73. The van der Waals surface area contributed by atoms with Crippen molar-refractivity contribution in [2.45, 2.75) is 6.50 Å². The molecule has 1 aromatic heterocycles. The first-order chi connectivity index (χ1) is 7.04. The SMILES string of the molecule is BrC(Br)(Br)Sc1ccc2ccccc2n1. The standard InChI is InChI=1S/C10H6Br3NS/c11-10(12,13)15-9-6-5-7-3-1-2-4-8(7)14-9/h1-6H. The predicted molar refractivity (Wildman–Crippen MR) is 77.1 cm³/mol. The van der Waals surface area contributed by atoms with E-state index in [0.717, 1.165) is 15.9 Å². The quantitative estimate of drug-likeness (QED) is 0.477. The molecule has 0 atom stereocenters. The Morgan fingerprint density at radius 3 is 2.47 bits per heavy atom. The van der Waals surface area contributed by atoms with Crippen LogP contribution in [0.15, 0.2) is 41.4 Å². The molecule has 78 valence electrons. The summed E-state index contributed by atoms with van der Waals surface area (Å²) in [5.74, 6) is 0. The molecule has 0 unspecified atom stereocenters. The highest BCUT2D eigenvalue weighted by Crippen LogP contribution is 2.48. The molecule has 5 heteroatoms. The van der Waals surface area contributed by atoms with Crippen molar-refractivity contribution in [1.82, 2.24) is 4.98 Å². The molecule has 1 aromatic carbocycles. The number of alkyl halides is 3. The van der Waals surface area contributed by atoms with E-state index in [1.54, 1.807) is 11.8 Å². The van der Waals surface area contributed by atoms with Crippen LogP contribution in [0.5, 0.6) is 0 Å². The summed E-state index contributed by atoms with van der Waals surface area (Å²) in [6, 6.07) is 12.2. The van der Waals surface area contributed by atoms with E-state index < -0.39 is 0 Å². The summed E-state index contributed by atoms with van der Waals surface area (Å²) >= 11 is 11.9. The molecule has 0 aliphatic carbocycles. The number of fused-ring (bicyclic) bond motifs is 1. The van der Waals surface area contributed by atoms with E-state index in [1.165, 1.54) is 0 Å². The first-order valence-corrected chi connectivity index (χ1v) is 7.36. The van der Waals surface area contributed by atoms with E-state index in [-0.39, 0.29) is 1.47 Å². The maximum absolute atomic E-state index is 4.53. The van der Waals surface area contributed by atoms with Crippen LogP contribution in [0.2, 0.25) is 0 Å². The van der Waals surface area contributed by atoms with Crippen molar-refractivity contribution >= 4 is 70.5 Å². The van der Waals surface area contributed by atoms with Gasteiger partial charge in [-0.1, -0.05) is 36.0 Å². The molecule has 0 fully saturated rings. The van der Waals surface area contributed by atoms with E-state index in [9.17, 15) is 0 Å². The van der Waals surface area contributed by atoms with Crippen LogP contribution in [0.25, 0.3) is 10.9 Å². The molecule has 0 saturated carbocycles. The van der Waals surface area contributed by atoms with Crippen molar-refractivity contribution in [3.63, 3.8) is 0 Å². The highest BCUT2D eigenvalue weighted by molar-refractivity contribution is 9.42. The number of hydrogen-bond acceptors (Lipinski definition) is 2. The fourth-order valence-corrected chi connectivity index (χ4v) is 3.23. The molecule has 1 heterocycles. The normalized spacial score (nSPS) is 11.9. The summed E-state index contributed by atoms with van der Waals surface area (Å²) in [6.45, 7) is 0. The van der Waals surface area contributed by atoms with Gasteiger partial charge in [0.1, 0.15) is 0 Å². The lowest BCUT2D eigenvalue weighted by molar-refractivity contribution is 1.19. The Morgan fingerprint density at radius 2 is 1.73 bits per heavy atom. The number of rotatable bonds is 1. The van der Waals surface area contributed by atoms with Crippen LogP contribution in [0.1, 0.15) is 0 Å². The van der Waals surface area contributed by atoms with Crippen molar-refractivity contribution in [1.29, 1.82) is 0 Å². The van der Waals surface area contributed by atoms with Crippen molar-refractivity contribution in [2.24, 2.45) is 0 Å². The number of halogens is 3. The Labute approximate surface area is 117 Å². The number of benzene rings is 1. The molecule has 15 heavy (non-hydrogen) atoms. The van der Waals surface area contributed by atoms with Crippen molar-refractivity contribution in [3.8, 4) is 0 Å². The first-order valence-electron chi connectivity index (χ1n) is 4.16. The van der Waals surface area contributed by atoms with Gasteiger partial charge in [0.05, 0.1) is 10.5 Å². The average Bonchev–Trinajstić information content (AvgIpc) is 2.15. The molecule has 0 radical (unpaired) electrons. The lowest BCUT2D eigenvalue weighted by Crippen LogP contribution is -1.92. The third-order valence-electron chi connectivity index (χ3n) is 1.79. The van der Waals surface area contributed by atoms with E-state index >= 15 is 0 Å². The first kappa shape index (κ1) is 11.9. The second-order valence-corrected chi connectivity index (χ2v) is 12.5. The lowest BCUT2D eigenvalue weighted by atomic mass is 10.2. The van der Waals surface area contributed by atoms with Crippen LogP contribution in [0, 0.1) is 0 Å². The molecular weight excluding hydrogens is 406 g/mol. The topological polar surface area (TPSA) is 12.9 Å². The molecule has 0 aliphatic rings. The zero-order chi connectivity index (χ0) is 10.9. The number of thioether (sulfide) groups is 1. The Bertz CT molecular complexity index is 481. The molecule has 0 amide bonds. The number of nitrogens with zero attached hydrogens (tertiary/aromatic N) is 1. The van der Waals surface area contributed by atoms with E-state index in [2.05, 4.69) is 64.9 Å². The fourth-order valence-electron chi connectivity index (χ4n) is 1.22. The van der Waals surface area contributed by atoms with Gasteiger partial charge in [0.2, 0.25) is 0 Å². The van der Waals surface area contributed by atoms with Crippen LogP contribution >= 0.6 is 59.6 Å². The summed E-state index contributed by atoms with van der Waals surface area (Å²) in [4.78, 5) is 4.53. The Hall–Kier alpha value is 0.420. The van der Waals surface area contributed by atoms with Crippen molar-refractivity contribution in [3.05, 3.63) is 36.4 Å². The van der Waals surface area contributed by atoms with Crippen LogP contribution in [0.4, 0.5) is 0 Å². The maximum atomic E-state index is 4.53. The maximum Gasteiger partial charge on any atom is 0.186 e. The Kier molecular flexibility index (Phi) is 3.75. The van der Waals surface area contributed by atoms with Gasteiger partial charge in [-0.25, -0.2) is 4.98 Å². The van der Waals surface area contributed by atoms with E-state index in [0.29, 0.717) is 0 Å². The second-order valence-electron chi connectivity index (χ2n) is 2.89. The average molecular weight is 412 g/mol. The van der Waals surface area contributed by atoms with Crippen molar-refractivity contribution in [2.75, 3.05) is 0 Å². The van der Waals surface area contributed by atoms with Gasteiger partial charge in [-0.15, -0.1) is 0 Å². The third kappa shape index (κ3) is 3.44. The zero-order valence-electron chi connectivity index (χ0n) is 7.45. The van der Waals surface area contributed by atoms with Gasteiger partial charge in [-0.3, -0.25) is 0 Å². The Balaban J connectivity index is 2.39. The molecule has 1 nitrogen and oxygen atoms in total. The van der Waals surface area contributed by atoms with Gasteiger partial charge >= 0.3 is 0 Å². The van der Waals surface area contributed by atoms with Crippen LogP contribution in [-0.4, -0.2) is 6.46 Å². The summed E-state index contributed by atoms with van der Waals surface area (Å²) in [6.07, 6.45) is 0. The molecule has 2 aromatic rings. The van der Waals surface area contributed by atoms with Crippen LogP contribution in [0.3, 0.4) is 0 Å². The summed E-state index contributed by atoms with van der Waals surface area (Å²) < 4.78 is -0.345. The number of para-hydroxylation sites is 1. The van der Waals surface area contributed by atoms with Gasteiger partial charge in [0, 0.05) is 5.39 Å². The molecule has 0 spiro atoms. The molecule has 0 bridgehead atoms. The molecule has 0 N–H and O–H groups in total. The lowest BCUT2D eigenvalue weighted by Gasteiger charge is -2.10. The smallest absolute Gasteiger partial charge is 0.186 e. The fraction of sp³-hybridized carbons (Fsp3) is 0.100. The van der Waals surface area contributed by atoms with E-state index in [4.69, 9.17) is 0 Å². The monoisotopic (exact) mass is 409 g/mol. The third-order valence-corrected chi connectivity index (χ3v) is 3.92. The van der Waals surface area contributed by atoms with Crippen LogP contribution in [-0.2, 0) is 0 Å². The number of aromatic nitrogens is 1. The van der Waals surface area contributed by atoms with Gasteiger partial charge in [-0.2, -0.15) is 0 Å². The van der Waals surface area contributed by atoms with E-state index in [1.807, 2.05) is 24.3 Å². The van der Waals surface area contributed by atoms with Gasteiger partial charge < -0.3 is 0 Å². The van der Waals surface area contributed by atoms with Gasteiger partial charge in [-0.05, 0) is 59.9 Å². The minimum atomic E-state index is -0.345. The number of pyridine rings is 1. The zero-order valence-corrected chi connectivity index (χ0v) is 13.0. The minimum absolute atomic E-state index is 0.345. The summed E-state index contributed by atoms with van der Waals surface area (Å²) in [5, 5.41) is 2.12. The highest BCUT2D eigenvalue weighted by atomic mass is 80.0. The summed E-state index contributed by atoms with van der Waals surface area (Å²) in [7, 11) is 0. The predicted octanol–water partition coefficient (Wildman–Crippen LogP) is 5.12. The summed E-state index contributed by atoms with van der Waals surface area (Å²) in [5.41, 5.74) is 1.01. The van der Waals surface area contributed by atoms with Crippen molar-refractivity contribution < 1.29 is 0 Å².